The van der Waals surface area contributed by atoms with Crippen molar-refractivity contribution in [3.05, 3.63) is 54.9 Å². The Balaban J connectivity index is 1.01. The zero-order valence-corrected chi connectivity index (χ0v) is 32.1. The van der Waals surface area contributed by atoms with Crippen LogP contribution in [0.4, 0.5) is 0 Å². The summed E-state index contributed by atoms with van der Waals surface area (Å²) >= 11 is 0. The van der Waals surface area contributed by atoms with Crippen LogP contribution in [0.5, 0.6) is 11.5 Å². The summed E-state index contributed by atoms with van der Waals surface area (Å²) in [4.78, 5) is 9.60. The topological polar surface area (TPSA) is 44.2 Å². The molecule has 3 aromatic rings. The van der Waals surface area contributed by atoms with Gasteiger partial charge in [-0.3, -0.25) is 0 Å². The van der Waals surface area contributed by atoms with Gasteiger partial charge in [0.15, 0.2) is 17.3 Å². The van der Waals surface area contributed by atoms with Crippen molar-refractivity contribution >= 4 is 14.7 Å². The van der Waals surface area contributed by atoms with Gasteiger partial charge in [0.05, 0.1) is 9.52 Å². The molecular formula is C44H64N2O2Si. The number of hydrogen-bond acceptors (Lipinski definition) is 4. The van der Waals surface area contributed by atoms with Gasteiger partial charge in [-0.05, 0) is 47.9 Å². The Hall–Kier alpha value is -2.66. The maximum atomic E-state index is 6.20. The van der Waals surface area contributed by atoms with Gasteiger partial charge in [-0.1, -0.05) is 172 Å². The van der Waals surface area contributed by atoms with Gasteiger partial charge < -0.3 is 9.47 Å². The van der Waals surface area contributed by atoms with Crippen molar-refractivity contribution in [2.45, 2.75) is 162 Å². The molecule has 0 amide bonds. The summed E-state index contributed by atoms with van der Waals surface area (Å²) in [5.74, 6) is 5.14. The molecule has 0 spiro atoms. The Morgan fingerprint density at radius 1 is 0.673 bits per heavy atom. The number of unbranched alkanes of at least 4 members (excludes halogenated alkanes) is 9. The molecule has 0 saturated heterocycles. The molecule has 0 bridgehead atoms. The summed E-state index contributed by atoms with van der Waals surface area (Å²) in [6.45, 7) is 7.19. The molecular weight excluding hydrogens is 617 g/mol. The smallest absolute Gasteiger partial charge is 0.241 e. The van der Waals surface area contributed by atoms with E-state index in [1.54, 1.807) is 0 Å². The minimum absolute atomic E-state index is 0.179. The molecule has 266 valence electrons. The predicted molar refractivity (Wildman–Crippen MR) is 208 cm³/mol. The average molecular weight is 681 g/mol. The highest BCUT2D eigenvalue weighted by Gasteiger charge is 2.24. The first-order valence-corrected chi connectivity index (χ1v) is 21.4. The largest absolute Gasteiger partial charge is 0.451 e. The Morgan fingerprint density at radius 2 is 1.31 bits per heavy atom. The van der Waals surface area contributed by atoms with Crippen molar-refractivity contribution in [1.82, 2.24) is 9.97 Å². The van der Waals surface area contributed by atoms with Crippen molar-refractivity contribution in [2.75, 3.05) is 0 Å². The molecule has 1 aliphatic heterocycles. The van der Waals surface area contributed by atoms with E-state index in [-0.39, 0.29) is 6.29 Å². The summed E-state index contributed by atoms with van der Waals surface area (Å²) in [6.07, 6.45) is 30.9. The van der Waals surface area contributed by atoms with Crippen LogP contribution in [0.25, 0.3) is 22.5 Å². The third-order valence-corrected chi connectivity index (χ3v) is 12.1. The number of fused-ring (bicyclic) bond motifs is 1. The van der Waals surface area contributed by atoms with E-state index >= 15 is 0 Å². The average Bonchev–Trinajstić information content (AvgIpc) is 3.86. The van der Waals surface area contributed by atoms with E-state index in [1.165, 1.54) is 132 Å². The number of benzene rings is 2. The molecule has 0 N–H and O–H groups in total. The maximum absolute atomic E-state index is 6.20. The van der Waals surface area contributed by atoms with E-state index in [9.17, 15) is 0 Å². The van der Waals surface area contributed by atoms with Crippen LogP contribution >= 0.6 is 0 Å². The summed E-state index contributed by atoms with van der Waals surface area (Å²) in [5.41, 5.74) is 3.32. The molecule has 2 radical (unpaired) electrons. The highest BCUT2D eigenvalue weighted by molar-refractivity contribution is 6.55. The van der Waals surface area contributed by atoms with Crippen molar-refractivity contribution < 1.29 is 9.47 Å². The third-order valence-electron chi connectivity index (χ3n) is 10.8. The second-order valence-electron chi connectivity index (χ2n) is 15.4. The lowest BCUT2D eigenvalue weighted by Gasteiger charge is -2.14. The normalized spacial score (nSPS) is 16.6. The molecule has 1 aliphatic carbocycles. The fourth-order valence-electron chi connectivity index (χ4n) is 7.27. The van der Waals surface area contributed by atoms with Crippen LogP contribution in [-0.4, -0.2) is 25.8 Å². The maximum Gasteiger partial charge on any atom is 0.241 e. The van der Waals surface area contributed by atoms with E-state index < -0.39 is 0 Å². The molecule has 1 saturated carbocycles. The van der Waals surface area contributed by atoms with Crippen LogP contribution in [0.15, 0.2) is 54.9 Å². The molecule has 1 aromatic heterocycles. The third kappa shape index (κ3) is 13.2. The first-order chi connectivity index (χ1) is 24.1. The van der Waals surface area contributed by atoms with Gasteiger partial charge in [0.2, 0.25) is 6.29 Å². The van der Waals surface area contributed by atoms with Gasteiger partial charge >= 0.3 is 0 Å². The SMILES string of the molecule is CCCCCC(C)CCCCC(C)CC[Si]c1ccccc1-c1cnc(-c2ccc3c(c2)OC(CCCCCCCCCC2CC2)O3)nc1. The van der Waals surface area contributed by atoms with Gasteiger partial charge in [0.1, 0.15) is 0 Å². The summed E-state index contributed by atoms with van der Waals surface area (Å²) in [6, 6.07) is 16.2. The first-order valence-electron chi connectivity index (χ1n) is 20.2. The fourth-order valence-corrected chi connectivity index (χ4v) is 8.81. The van der Waals surface area contributed by atoms with E-state index in [0.29, 0.717) is 0 Å². The predicted octanol–water partition coefficient (Wildman–Crippen LogP) is 12.4. The molecule has 4 nitrogen and oxygen atoms in total. The quantitative estimate of drug-likeness (QED) is 0.0660. The molecule has 5 rings (SSSR count). The minimum atomic E-state index is -0.179. The lowest BCUT2D eigenvalue weighted by molar-refractivity contribution is 0.0395. The van der Waals surface area contributed by atoms with Crippen molar-refractivity contribution in [3.8, 4) is 34.0 Å². The number of nitrogens with zero attached hydrogens (tertiary/aromatic N) is 2. The van der Waals surface area contributed by atoms with E-state index in [0.717, 1.165) is 68.6 Å². The number of rotatable bonds is 25. The zero-order valence-electron chi connectivity index (χ0n) is 31.1. The van der Waals surface area contributed by atoms with Crippen LogP contribution in [0.1, 0.15) is 149 Å². The van der Waals surface area contributed by atoms with Crippen molar-refractivity contribution in [2.24, 2.45) is 17.8 Å². The summed E-state index contributed by atoms with van der Waals surface area (Å²) in [7, 11) is 0.807. The highest BCUT2D eigenvalue weighted by Crippen LogP contribution is 2.39. The second kappa shape index (κ2) is 20.9. The van der Waals surface area contributed by atoms with E-state index in [1.807, 2.05) is 30.6 Å². The van der Waals surface area contributed by atoms with Crippen molar-refractivity contribution in [3.63, 3.8) is 0 Å². The lowest BCUT2D eigenvalue weighted by Crippen LogP contribution is -2.17. The number of hydrogen-bond donors (Lipinski definition) is 0. The Morgan fingerprint density at radius 3 is 2.02 bits per heavy atom. The van der Waals surface area contributed by atoms with Gasteiger partial charge in [0, 0.05) is 29.9 Å². The number of ether oxygens (including phenoxy) is 2. The summed E-state index contributed by atoms with van der Waals surface area (Å²) in [5, 5.41) is 1.42. The summed E-state index contributed by atoms with van der Waals surface area (Å²) < 4.78 is 12.3. The minimum Gasteiger partial charge on any atom is -0.451 e. The van der Waals surface area contributed by atoms with Crippen LogP contribution in [0, 0.1) is 17.8 Å². The molecule has 3 unspecified atom stereocenters. The lowest BCUT2D eigenvalue weighted by atomic mass is 9.94. The van der Waals surface area contributed by atoms with Gasteiger partial charge in [0.25, 0.3) is 0 Å². The number of aromatic nitrogens is 2. The van der Waals surface area contributed by atoms with E-state index in [4.69, 9.17) is 19.4 Å². The van der Waals surface area contributed by atoms with Crippen LogP contribution in [0.2, 0.25) is 6.04 Å². The molecule has 5 heteroatoms. The molecule has 3 atom stereocenters. The monoisotopic (exact) mass is 680 g/mol. The Labute approximate surface area is 301 Å². The fraction of sp³-hybridized carbons (Fsp3) is 0.636. The molecule has 2 heterocycles. The molecule has 2 aromatic carbocycles. The Kier molecular flexibility index (Phi) is 16.0. The standard InChI is InChI=1S/C44H64N2O2Si/c1-4-5-11-18-34(2)19-14-15-20-35(3)29-30-49-42-23-17-16-22-39(42)38-32-45-44(46-33-38)37-27-28-40-41(31-37)48-43(47-40)24-13-10-8-6-7-9-12-21-36-25-26-36/h16-17,22-23,27-28,31-36,43H,4-15,18-21,24-26,29-30H2,1-3H3. The van der Waals surface area contributed by atoms with Gasteiger partial charge in [-0.25, -0.2) is 9.97 Å². The molecule has 49 heavy (non-hydrogen) atoms. The second-order valence-corrected chi connectivity index (χ2v) is 16.8. The van der Waals surface area contributed by atoms with Gasteiger partial charge in [-0.15, -0.1) is 0 Å². The van der Waals surface area contributed by atoms with Crippen molar-refractivity contribution in [1.29, 1.82) is 0 Å². The Bertz CT molecular complexity index is 1360. The first kappa shape index (κ1) is 37.6. The van der Waals surface area contributed by atoms with Crippen LogP contribution < -0.4 is 14.7 Å². The highest BCUT2D eigenvalue weighted by atomic mass is 28.2. The van der Waals surface area contributed by atoms with Crippen LogP contribution in [-0.2, 0) is 0 Å². The zero-order chi connectivity index (χ0) is 34.1. The van der Waals surface area contributed by atoms with Crippen LogP contribution in [0.3, 0.4) is 0 Å². The molecule has 1 fully saturated rings. The van der Waals surface area contributed by atoms with E-state index in [2.05, 4.69) is 45.0 Å². The molecule has 2 aliphatic rings. The van der Waals surface area contributed by atoms with Gasteiger partial charge in [-0.2, -0.15) is 0 Å².